The monoisotopic (exact) mass is 175 g/mol. The number of nitrogens with one attached hydrogen (secondary N) is 1. The second kappa shape index (κ2) is 4.27. The van der Waals surface area contributed by atoms with Crippen LogP contribution in [0.2, 0.25) is 0 Å². The van der Waals surface area contributed by atoms with Crippen LogP contribution >= 0.6 is 0 Å². The molecule has 0 saturated carbocycles. The Morgan fingerprint density at radius 2 is 2.31 bits per heavy atom. The highest BCUT2D eigenvalue weighted by atomic mass is 16.1. The van der Waals surface area contributed by atoms with E-state index in [1.165, 1.54) is 6.07 Å². The molecule has 13 heavy (non-hydrogen) atoms. The van der Waals surface area contributed by atoms with Crippen molar-refractivity contribution < 1.29 is 4.79 Å². The maximum Gasteiger partial charge on any atom is 0.248 e. The molecule has 1 aromatic rings. The number of aromatic nitrogens is 1. The van der Waals surface area contributed by atoms with Crippen LogP contribution in [-0.4, -0.2) is 11.3 Å². The lowest BCUT2D eigenvalue weighted by Gasteiger charge is -1.94. The van der Waals surface area contributed by atoms with Crippen LogP contribution in [0.15, 0.2) is 16.9 Å². The van der Waals surface area contributed by atoms with Gasteiger partial charge in [0, 0.05) is 17.3 Å². The first-order valence-corrected chi connectivity index (χ1v) is 3.86. The minimum Gasteiger partial charge on any atom is -0.325 e. The quantitative estimate of drug-likeness (QED) is 0.502. The van der Waals surface area contributed by atoms with Gasteiger partial charge in [-0.05, 0) is 13.0 Å². The Kier molecular flexibility index (Phi) is 3.04. The second-order valence-electron chi connectivity index (χ2n) is 2.53. The molecule has 0 amide bonds. The summed E-state index contributed by atoms with van der Waals surface area (Å²) < 4.78 is 0. The van der Waals surface area contributed by atoms with Gasteiger partial charge >= 0.3 is 0 Å². The minimum atomic E-state index is -0.140. The molecule has 0 aliphatic heterocycles. The van der Waals surface area contributed by atoms with Crippen molar-refractivity contribution in [3.8, 4) is 11.8 Å². The molecule has 1 rings (SSSR count). The smallest absolute Gasteiger partial charge is 0.248 e. The molecule has 0 bridgehead atoms. The number of aryl methyl sites for hydroxylation is 1. The fourth-order valence-corrected chi connectivity index (χ4v) is 0.901. The topological polar surface area (TPSA) is 49.9 Å². The van der Waals surface area contributed by atoms with E-state index in [2.05, 4.69) is 16.8 Å². The Morgan fingerprint density at radius 3 is 2.92 bits per heavy atom. The first-order chi connectivity index (χ1) is 6.24. The van der Waals surface area contributed by atoms with E-state index in [1.807, 2.05) is 0 Å². The van der Waals surface area contributed by atoms with Crippen molar-refractivity contribution in [1.29, 1.82) is 0 Å². The number of hydrogen-bond donors (Lipinski definition) is 1. The third-order valence-corrected chi connectivity index (χ3v) is 1.52. The fraction of sp³-hybridized carbons (Fsp3) is 0.200. The maximum absolute atomic E-state index is 10.8. The number of H-pyrrole nitrogens is 1. The highest BCUT2D eigenvalue weighted by Crippen LogP contribution is 1.97. The lowest BCUT2D eigenvalue weighted by molar-refractivity contribution is -0.107. The van der Waals surface area contributed by atoms with Gasteiger partial charge in [0.25, 0.3) is 0 Å². The van der Waals surface area contributed by atoms with Gasteiger partial charge in [-0.1, -0.05) is 11.8 Å². The molecule has 0 atom stereocenters. The van der Waals surface area contributed by atoms with E-state index in [0.717, 1.165) is 17.5 Å². The van der Waals surface area contributed by atoms with Crippen molar-refractivity contribution in [2.75, 3.05) is 0 Å². The normalized spacial score (nSPS) is 8.69. The van der Waals surface area contributed by atoms with Gasteiger partial charge in [0.05, 0.1) is 6.42 Å². The molecule has 66 valence electrons. The molecule has 0 spiro atoms. The number of rotatable bonds is 1. The summed E-state index contributed by atoms with van der Waals surface area (Å²) >= 11 is 0. The Balaban J connectivity index is 2.98. The number of carbonyl (C=O) groups excluding carboxylic acids is 1. The van der Waals surface area contributed by atoms with Crippen molar-refractivity contribution in [3.05, 3.63) is 33.7 Å². The largest absolute Gasteiger partial charge is 0.325 e. The van der Waals surface area contributed by atoms with Crippen molar-refractivity contribution in [1.82, 2.24) is 4.98 Å². The highest BCUT2D eigenvalue weighted by Gasteiger charge is 1.93. The average molecular weight is 175 g/mol. The van der Waals surface area contributed by atoms with E-state index >= 15 is 0 Å². The standard InChI is InChI=1S/C10H9NO2/c1-8-9(4-2-3-7-12)5-6-10(13)11-8/h5-7H,3H2,1H3,(H,11,13). The molecule has 1 heterocycles. The number of carbonyl (C=O) groups is 1. The molecule has 0 aliphatic rings. The van der Waals surface area contributed by atoms with Crippen LogP contribution in [-0.2, 0) is 4.79 Å². The Morgan fingerprint density at radius 1 is 1.54 bits per heavy atom. The third kappa shape index (κ3) is 2.60. The van der Waals surface area contributed by atoms with E-state index < -0.39 is 0 Å². The summed E-state index contributed by atoms with van der Waals surface area (Å²) in [5.41, 5.74) is 1.34. The van der Waals surface area contributed by atoms with Crippen LogP contribution in [0.1, 0.15) is 17.7 Å². The number of hydrogen-bond acceptors (Lipinski definition) is 2. The van der Waals surface area contributed by atoms with E-state index in [9.17, 15) is 9.59 Å². The number of pyridine rings is 1. The zero-order chi connectivity index (χ0) is 9.68. The predicted octanol–water partition coefficient (Wildman–Crippen LogP) is 0.624. The van der Waals surface area contributed by atoms with Crippen molar-refractivity contribution in [3.63, 3.8) is 0 Å². The molecule has 0 fully saturated rings. The van der Waals surface area contributed by atoms with E-state index in [4.69, 9.17) is 0 Å². The van der Waals surface area contributed by atoms with Crippen LogP contribution in [0, 0.1) is 18.8 Å². The van der Waals surface area contributed by atoms with E-state index in [0.29, 0.717) is 0 Å². The summed E-state index contributed by atoms with van der Waals surface area (Å²) in [4.78, 5) is 23.4. The number of aromatic amines is 1. The van der Waals surface area contributed by atoms with Crippen LogP contribution < -0.4 is 5.56 Å². The minimum absolute atomic E-state index is 0.140. The van der Waals surface area contributed by atoms with Gasteiger partial charge in [-0.15, -0.1) is 0 Å². The first-order valence-electron chi connectivity index (χ1n) is 3.86. The van der Waals surface area contributed by atoms with Gasteiger partial charge in [-0.3, -0.25) is 4.79 Å². The van der Waals surface area contributed by atoms with Crippen LogP contribution in [0.3, 0.4) is 0 Å². The highest BCUT2D eigenvalue weighted by molar-refractivity contribution is 5.55. The van der Waals surface area contributed by atoms with Gasteiger partial charge < -0.3 is 9.78 Å². The summed E-state index contributed by atoms with van der Waals surface area (Å²) in [6.45, 7) is 1.77. The van der Waals surface area contributed by atoms with Gasteiger partial charge in [0.2, 0.25) is 5.56 Å². The van der Waals surface area contributed by atoms with Gasteiger partial charge in [0.1, 0.15) is 6.29 Å². The molecular weight excluding hydrogens is 166 g/mol. The summed E-state index contributed by atoms with van der Waals surface area (Å²) in [5, 5.41) is 0. The first kappa shape index (κ1) is 9.27. The van der Waals surface area contributed by atoms with Crippen LogP contribution in [0.5, 0.6) is 0 Å². The van der Waals surface area contributed by atoms with Crippen molar-refractivity contribution in [2.24, 2.45) is 0 Å². The Hall–Kier alpha value is -1.82. The average Bonchev–Trinajstić information content (AvgIpc) is 2.09. The molecule has 0 unspecified atom stereocenters. The van der Waals surface area contributed by atoms with E-state index in [1.54, 1.807) is 13.0 Å². The molecule has 0 aromatic carbocycles. The SMILES string of the molecule is Cc1[nH]c(=O)ccc1C#CCC=O. The van der Waals surface area contributed by atoms with Gasteiger partial charge in [-0.25, -0.2) is 0 Å². The molecule has 0 radical (unpaired) electrons. The molecule has 0 saturated heterocycles. The predicted molar refractivity (Wildman–Crippen MR) is 49.4 cm³/mol. The maximum atomic E-state index is 10.8. The number of aldehydes is 1. The van der Waals surface area contributed by atoms with Crippen LogP contribution in [0.4, 0.5) is 0 Å². The molecule has 1 N–H and O–H groups in total. The molecule has 3 nitrogen and oxygen atoms in total. The van der Waals surface area contributed by atoms with Crippen molar-refractivity contribution >= 4 is 6.29 Å². The molecule has 0 aliphatic carbocycles. The molecule has 1 aromatic heterocycles. The lowest BCUT2D eigenvalue weighted by Crippen LogP contribution is -2.05. The zero-order valence-corrected chi connectivity index (χ0v) is 7.26. The summed E-state index contributed by atoms with van der Waals surface area (Å²) in [5.74, 6) is 5.46. The van der Waals surface area contributed by atoms with Crippen molar-refractivity contribution in [2.45, 2.75) is 13.3 Å². The molecule has 3 heteroatoms. The van der Waals surface area contributed by atoms with E-state index in [-0.39, 0.29) is 12.0 Å². The lowest BCUT2D eigenvalue weighted by atomic mass is 10.2. The van der Waals surface area contributed by atoms with Gasteiger partial charge in [0.15, 0.2) is 0 Å². The molecular formula is C10H9NO2. The van der Waals surface area contributed by atoms with Gasteiger partial charge in [-0.2, -0.15) is 0 Å². The Labute approximate surface area is 75.8 Å². The Bertz CT molecular complexity index is 421. The fourth-order valence-electron chi connectivity index (χ4n) is 0.901. The second-order valence-corrected chi connectivity index (χ2v) is 2.53. The van der Waals surface area contributed by atoms with Crippen LogP contribution in [0.25, 0.3) is 0 Å². The summed E-state index contributed by atoms with van der Waals surface area (Å²) in [6, 6.07) is 3.06. The third-order valence-electron chi connectivity index (χ3n) is 1.52. The zero-order valence-electron chi connectivity index (χ0n) is 7.26. The summed E-state index contributed by atoms with van der Waals surface area (Å²) in [6.07, 6.45) is 0.965. The summed E-state index contributed by atoms with van der Waals surface area (Å²) in [7, 11) is 0.